The molecule has 3 heterocycles. The maximum absolute atomic E-state index is 12.7. The summed E-state index contributed by atoms with van der Waals surface area (Å²) < 4.78 is 83.0. The quantitative estimate of drug-likeness (QED) is 0.526. The van der Waals surface area contributed by atoms with Crippen molar-refractivity contribution in [3.63, 3.8) is 0 Å². The van der Waals surface area contributed by atoms with Crippen molar-refractivity contribution >= 4 is 5.91 Å². The van der Waals surface area contributed by atoms with E-state index in [4.69, 9.17) is 14.2 Å². The van der Waals surface area contributed by atoms with E-state index in [9.17, 15) is 26.7 Å². The number of aromatic nitrogens is 2. The highest BCUT2D eigenvalue weighted by molar-refractivity contribution is 5.92. The van der Waals surface area contributed by atoms with E-state index in [0.717, 1.165) is 5.56 Å². The summed E-state index contributed by atoms with van der Waals surface area (Å²) in [7, 11) is 0. The largest absolute Gasteiger partial charge is 0.491 e. The summed E-state index contributed by atoms with van der Waals surface area (Å²) in [5, 5.41) is 7.10. The van der Waals surface area contributed by atoms with Gasteiger partial charge in [0.15, 0.2) is 5.69 Å². The van der Waals surface area contributed by atoms with Gasteiger partial charge in [-0.15, -0.1) is 0 Å². The molecule has 0 spiro atoms. The van der Waals surface area contributed by atoms with E-state index in [-0.39, 0.29) is 37.7 Å². The van der Waals surface area contributed by atoms with Crippen molar-refractivity contribution in [1.29, 1.82) is 0 Å². The summed E-state index contributed by atoms with van der Waals surface area (Å²) in [6.45, 7) is -3.80. The predicted octanol–water partition coefficient (Wildman–Crippen LogP) is 3.48. The van der Waals surface area contributed by atoms with E-state index in [0.29, 0.717) is 43.0 Å². The number of carbonyl (C=O) groups is 1. The Kier molecular flexibility index (Phi) is 7.75. The van der Waals surface area contributed by atoms with Crippen LogP contribution in [0.2, 0.25) is 0 Å². The van der Waals surface area contributed by atoms with Gasteiger partial charge < -0.3 is 24.3 Å². The zero-order valence-corrected chi connectivity index (χ0v) is 18.5. The summed E-state index contributed by atoms with van der Waals surface area (Å²) in [5.41, 5.74) is 1.46. The number of hydrogen-bond donors (Lipinski definition) is 1. The number of hydrogen-bond acceptors (Lipinski definition) is 6. The van der Waals surface area contributed by atoms with Crippen LogP contribution in [0.4, 0.5) is 22.0 Å². The molecule has 0 saturated heterocycles. The average molecular weight is 505 g/mol. The first-order valence-electron chi connectivity index (χ1n) is 11.0. The maximum atomic E-state index is 12.7. The number of benzene rings is 1. The second-order valence-electron chi connectivity index (χ2n) is 8.28. The molecule has 0 radical (unpaired) electrons. The molecule has 0 saturated carbocycles. The van der Waals surface area contributed by atoms with Crippen LogP contribution in [-0.2, 0) is 29.0 Å². The molecule has 2 aromatic rings. The van der Waals surface area contributed by atoms with Crippen LogP contribution in [0.15, 0.2) is 24.3 Å². The van der Waals surface area contributed by atoms with E-state index < -0.39 is 25.3 Å². The second kappa shape index (κ2) is 10.8. The van der Waals surface area contributed by atoms with Crippen LogP contribution < -0.4 is 14.8 Å². The minimum absolute atomic E-state index is 0.136. The highest BCUT2D eigenvalue weighted by Gasteiger charge is 2.28. The van der Waals surface area contributed by atoms with E-state index in [1.165, 1.54) is 6.07 Å². The normalized spacial score (nSPS) is 19.5. The van der Waals surface area contributed by atoms with Crippen LogP contribution in [0.3, 0.4) is 0 Å². The molecular formula is C22H24F5N3O5. The third-order valence-electron chi connectivity index (χ3n) is 5.51. The Balaban J connectivity index is 1.31. The number of carbonyl (C=O) groups excluding carboxylic acids is 1. The lowest BCUT2D eigenvalue weighted by molar-refractivity contribution is -0.176. The van der Waals surface area contributed by atoms with Crippen molar-refractivity contribution in [3.05, 3.63) is 41.1 Å². The number of nitrogens with one attached hydrogen (secondary N) is 1. The van der Waals surface area contributed by atoms with Crippen LogP contribution in [0, 0.1) is 0 Å². The van der Waals surface area contributed by atoms with Gasteiger partial charge in [-0.05, 0) is 29.7 Å². The summed E-state index contributed by atoms with van der Waals surface area (Å²) in [6.07, 6.45) is -3.45. The van der Waals surface area contributed by atoms with Crippen LogP contribution in [0.1, 0.15) is 34.5 Å². The highest BCUT2D eigenvalue weighted by atomic mass is 19.4. The fourth-order valence-electron chi connectivity index (χ4n) is 3.93. The minimum atomic E-state index is -4.40. The minimum Gasteiger partial charge on any atom is -0.491 e. The summed E-state index contributed by atoms with van der Waals surface area (Å²) >= 11 is 0. The number of rotatable bonds is 9. The van der Waals surface area contributed by atoms with Gasteiger partial charge in [-0.1, -0.05) is 6.07 Å². The lowest BCUT2D eigenvalue weighted by Crippen LogP contribution is -2.43. The molecule has 1 N–H and O–H groups in total. The molecule has 0 aliphatic carbocycles. The van der Waals surface area contributed by atoms with Crippen molar-refractivity contribution in [3.8, 4) is 11.6 Å². The molecule has 35 heavy (non-hydrogen) atoms. The first-order valence-corrected chi connectivity index (χ1v) is 11.0. The first-order chi connectivity index (χ1) is 16.7. The molecule has 13 heteroatoms. The molecule has 192 valence electrons. The summed E-state index contributed by atoms with van der Waals surface area (Å²) in [5.74, 6) is 0.537. The molecule has 1 aromatic heterocycles. The van der Waals surface area contributed by atoms with Gasteiger partial charge in [0.1, 0.15) is 25.1 Å². The number of ether oxygens (including phenoxy) is 4. The molecular weight excluding hydrogens is 481 g/mol. The van der Waals surface area contributed by atoms with Crippen molar-refractivity contribution < 1.29 is 45.7 Å². The smallest absolute Gasteiger partial charge is 0.411 e. The predicted molar refractivity (Wildman–Crippen MR) is 110 cm³/mol. The van der Waals surface area contributed by atoms with Gasteiger partial charge in [0.25, 0.3) is 5.91 Å². The molecule has 8 nitrogen and oxygen atoms in total. The Morgan fingerprint density at radius 3 is 2.89 bits per heavy atom. The van der Waals surface area contributed by atoms with Crippen molar-refractivity contribution in [2.75, 3.05) is 19.8 Å². The number of aryl methyl sites for hydroxylation is 1. The van der Waals surface area contributed by atoms with Crippen LogP contribution in [0.5, 0.6) is 11.6 Å². The Bertz CT molecular complexity index is 1030. The molecule has 2 unspecified atom stereocenters. The fourth-order valence-corrected chi connectivity index (χ4v) is 3.93. The summed E-state index contributed by atoms with van der Waals surface area (Å²) in [6, 6.07) is 6.12. The number of nitrogens with zero attached hydrogens (tertiary/aromatic N) is 2. The van der Waals surface area contributed by atoms with Gasteiger partial charge >= 0.3 is 12.8 Å². The Morgan fingerprint density at radius 1 is 1.29 bits per heavy atom. The van der Waals surface area contributed by atoms with E-state index in [2.05, 4.69) is 15.2 Å². The zero-order chi connectivity index (χ0) is 25.0. The van der Waals surface area contributed by atoms with Gasteiger partial charge in [-0.2, -0.15) is 27.1 Å². The molecule has 0 fully saturated rings. The van der Waals surface area contributed by atoms with Crippen molar-refractivity contribution in [1.82, 2.24) is 15.1 Å². The SMILES string of the molecule is O=C(NC1COc2ccc(COCC(F)(F)F)cc2C1)c1cc2n(n1)CCC(CCOC(F)F)O2. The molecule has 2 aliphatic rings. The van der Waals surface area contributed by atoms with Crippen molar-refractivity contribution in [2.24, 2.45) is 0 Å². The number of alkyl halides is 5. The highest BCUT2D eigenvalue weighted by Crippen LogP contribution is 2.27. The van der Waals surface area contributed by atoms with Gasteiger partial charge in [0, 0.05) is 25.5 Å². The van der Waals surface area contributed by atoms with Crippen LogP contribution >= 0.6 is 0 Å². The molecule has 4 rings (SSSR count). The van der Waals surface area contributed by atoms with Crippen molar-refractivity contribution in [2.45, 2.75) is 57.3 Å². The van der Waals surface area contributed by atoms with Gasteiger partial charge in [-0.25, -0.2) is 4.68 Å². The van der Waals surface area contributed by atoms with Gasteiger partial charge in [0.2, 0.25) is 5.88 Å². The molecule has 2 aliphatic heterocycles. The topological polar surface area (TPSA) is 83.8 Å². The molecule has 0 bridgehead atoms. The number of amides is 1. The van der Waals surface area contributed by atoms with Gasteiger partial charge in [0.05, 0.1) is 19.3 Å². The van der Waals surface area contributed by atoms with E-state index >= 15 is 0 Å². The third-order valence-corrected chi connectivity index (χ3v) is 5.51. The Labute approximate surface area is 197 Å². The van der Waals surface area contributed by atoms with E-state index in [1.54, 1.807) is 22.9 Å². The number of fused-ring (bicyclic) bond motifs is 2. The molecule has 1 aromatic carbocycles. The second-order valence-corrected chi connectivity index (χ2v) is 8.28. The van der Waals surface area contributed by atoms with Crippen LogP contribution in [0.25, 0.3) is 0 Å². The molecule has 2 atom stereocenters. The fraction of sp³-hybridized carbons (Fsp3) is 0.545. The monoisotopic (exact) mass is 505 g/mol. The Hall–Kier alpha value is -2.93. The van der Waals surface area contributed by atoms with Gasteiger partial charge in [-0.3, -0.25) is 4.79 Å². The Morgan fingerprint density at radius 2 is 2.11 bits per heavy atom. The lowest BCUT2D eigenvalue weighted by Gasteiger charge is -2.26. The lowest BCUT2D eigenvalue weighted by atomic mass is 10.0. The average Bonchev–Trinajstić information content (AvgIpc) is 3.21. The maximum Gasteiger partial charge on any atom is 0.411 e. The molecule has 1 amide bonds. The first kappa shape index (κ1) is 25.2. The third kappa shape index (κ3) is 7.04. The van der Waals surface area contributed by atoms with E-state index in [1.807, 2.05) is 0 Å². The summed E-state index contributed by atoms with van der Waals surface area (Å²) in [4.78, 5) is 12.7. The van der Waals surface area contributed by atoms with Crippen LogP contribution in [-0.4, -0.2) is 60.4 Å². The zero-order valence-electron chi connectivity index (χ0n) is 18.5. The number of halogens is 5. The standard InChI is InChI=1S/C22H24F5N3O5/c23-21(24)33-6-4-16-3-5-30-19(35-16)9-17(29-30)20(31)28-15-8-14-7-13(1-2-18(14)34-11-15)10-32-12-22(25,26)27/h1-2,7,9,15-16,21H,3-6,8,10-12H2,(H,28,31).